The summed E-state index contributed by atoms with van der Waals surface area (Å²) in [5, 5.41) is 10.6. The fraction of sp³-hybridized carbons (Fsp3) is 0.450. The molecule has 0 aliphatic carbocycles. The molecule has 2 rings (SSSR count). The average molecular weight is 388 g/mol. The zero-order chi connectivity index (χ0) is 19.6. The topological polar surface area (TPSA) is 78.4 Å². The van der Waals surface area contributed by atoms with E-state index in [1.165, 1.54) is 4.88 Å². The van der Waals surface area contributed by atoms with Gasteiger partial charge in [0.1, 0.15) is 0 Å². The van der Waals surface area contributed by atoms with Crippen LogP contribution in [-0.2, 0) is 13.1 Å². The molecule has 3 N–H and O–H groups in total. The highest BCUT2D eigenvalue weighted by atomic mass is 32.1. The Balaban J connectivity index is 2.01. The minimum absolute atomic E-state index is 0.0382. The van der Waals surface area contributed by atoms with Gasteiger partial charge >= 0.3 is 0 Å². The van der Waals surface area contributed by atoms with Crippen LogP contribution >= 0.6 is 11.3 Å². The summed E-state index contributed by atoms with van der Waals surface area (Å²) in [4.78, 5) is 22.4. The van der Waals surface area contributed by atoms with Crippen molar-refractivity contribution >= 4 is 23.2 Å². The molecule has 0 radical (unpaired) electrons. The predicted molar refractivity (Wildman–Crippen MR) is 112 cm³/mol. The third-order valence-electron chi connectivity index (χ3n) is 3.90. The molecule has 0 unspecified atom stereocenters. The molecule has 0 saturated heterocycles. The molecule has 7 heteroatoms. The van der Waals surface area contributed by atoms with Gasteiger partial charge in [-0.1, -0.05) is 19.1 Å². The lowest BCUT2D eigenvalue weighted by atomic mass is 10.1. The van der Waals surface area contributed by atoms with Crippen LogP contribution in [0.2, 0.25) is 0 Å². The van der Waals surface area contributed by atoms with Crippen LogP contribution in [0.3, 0.4) is 0 Å². The van der Waals surface area contributed by atoms with E-state index in [9.17, 15) is 4.79 Å². The Hall–Kier alpha value is -2.41. The van der Waals surface area contributed by atoms with Crippen molar-refractivity contribution in [2.45, 2.75) is 47.2 Å². The number of benzene rings is 1. The van der Waals surface area contributed by atoms with Gasteiger partial charge in [-0.25, -0.2) is 9.98 Å². The van der Waals surface area contributed by atoms with Crippen molar-refractivity contribution in [3.05, 3.63) is 51.0 Å². The van der Waals surface area contributed by atoms with E-state index in [2.05, 4.69) is 25.9 Å². The summed E-state index contributed by atoms with van der Waals surface area (Å²) in [6.07, 6.45) is 0.923. The minimum atomic E-state index is -0.0382. The van der Waals surface area contributed by atoms with Gasteiger partial charge in [0.15, 0.2) is 5.96 Å². The second-order valence-corrected chi connectivity index (χ2v) is 7.53. The van der Waals surface area contributed by atoms with Crippen LogP contribution < -0.4 is 16.0 Å². The Labute approximate surface area is 165 Å². The summed E-state index contributed by atoms with van der Waals surface area (Å²) in [5.41, 5.74) is 2.73. The quantitative estimate of drug-likeness (QED) is 0.480. The normalized spacial score (nSPS) is 11.3. The summed E-state index contributed by atoms with van der Waals surface area (Å²) in [6, 6.07) is 7.61. The van der Waals surface area contributed by atoms with E-state index in [4.69, 9.17) is 0 Å². The van der Waals surface area contributed by atoms with E-state index in [1.54, 1.807) is 11.3 Å². The molecule has 0 atom stereocenters. The summed E-state index contributed by atoms with van der Waals surface area (Å²) in [7, 11) is 0. The van der Waals surface area contributed by atoms with Crippen LogP contribution in [0.1, 0.15) is 51.8 Å². The minimum Gasteiger partial charge on any atom is -0.357 e. The molecule has 1 aromatic heterocycles. The largest absolute Gasteiger partial charge is 0.357 e. The van der Waals surface area contributed by atoms with Gasteiger partial charge < -0.3 is 16.0 Å². The first-order valence-electron chi connectivity index (χ1n) is 9.35. The molecule has 146 valence electrons. The van der Waals surface area contributed by atoms with Gasteiger partial charge in [-0.15, -0.1) is 11.3 Å². The maximum atomic E-state index is 12.1. The van der Waals surface area contributed by atoms with Crippen LogP contribution in [0.4, 0.5) is 0 Å². The first-order chi connectivity index (χ1) is 13.0. The molecule has 0 bridgehead atoms. The average Bonchev–Trinajstić information content (AvgIpc) is 2.99. The van der Waals surface area contributed by atoms with Crippen molar-refractivity contribution < 1.29 is 4.79 Å². The fourth-order valence-corrected chi connectivity index (χ4v) is 3.44. The maximum Gasteiger partial charge on any atom is 0.251 e. The molecular formula is C20H29N5OS. The highest BCUT2D eigenvalue weighted by Crippen LogP contribution is 2.16. The van der Waals surface area contributed by atoms with Gasteiger partial charge in [-0.05, 0) is 44.9 Å². The Morgan fingerprint density at radius 1 is 1.19 bits per heavy atom. The third-order valence-corrected chi connectivity index (χ3v) is 4.98. The van der Waals surface area contributed by atoms with Gasteiger partial charge in [0.2, 0.25) is 0 Å². The van der Waals surface area contributed by atoms with Crippen molar-refractivity contribution in [3.63, 3.8) is 0 Å². The predicted octanol–water partition coefficient (Wildman–Crippen LogP) is 3.16. The molecule has 0 aliphatic heterocycles. The maximum absolute atomic E-state index is 12.1. The van der Waals surface area contributed by atoms with E-state index in [0.29, 0.717) is 25.2 Å². The van der Waals surface area contributed by atoms with Gasteiger partial charge in [0.25, 0.3) is 5.91 Å². The zero-order valence-corrected chi connectivity index (χ0v) is 17.4. The van der Waals surface area contributed by atoms with E-state index in [0.717, 1.165) is 35.2 Å². The first kappa shape index (κ1) is 20.9. The Morgan fingerprint density at radius 2 is 2.00 bits per heavy atom. The number of carbonyl (C=O) groups is 1. The SMILES string of the molecule is CCCNC(=O)c1cccc(CN=C(NCC)NCc2sc(C)nc2C)c1. The van der Waals surface area contributed by atoms with Gasteiger partial charge in [-0.2, -0.15) is 0 Å². The van der Waals surface area contributed by atoms with Crippen molar-refractivity contribution in [1.82, 2.24) is 20.9 Å². The lowest BCUT2D eigenvalue weighted by Gasteiger charge is -2.11. The summed E-state index contributed by atoms with van der Waals surface area (Å²) < 4.78 is 0. The molecular weight excluding hydrogens is 358 g/mol. The molecule has 0 fully saturated rings. The number of aliphatic imine (C=N–C) groups is 1. The highest BCUT2D eigenvalue weighted by Gasteiger charge is 2.07. The highest BCUT2D eigenvalue weighted by molar-refractivity contribution is 7.11. The van der Waals surface area contributed by atoms with Crippen molar-refractivity contribution in [2.24, 2.45) is 4.99 Å². The van der Waals surface area contributed by atoms with Crippen LogP contribution in [0.15, 0.2) is 29.3 Å². The Morgan fingerprint density at radius 3 is 2.67 bits per heavy atom. The summed E-state index contributed by atoms with van der Waals surface area (Å²) in [6.45, 7) is 10.8. The number of hydrogen-bond acceptors (Lipinski definition) is 4. The van der Waals surface area contributed by atoms with Gasteiger partial charge in [0, 0.05) is 23.5 Å². The number of hydrogen-bond donors (Lipinski definition) is 3. The number of aromatic nitrogens is 1. The number of rotatable bonds is 8. The third kappa shape index (κ3) is 6.67. The molecule has 0 aliphatic rings. The number of nitrogens with zero attached hydrogens (tertiary/aromatic N) is 2. The van der Waals surface area contributed by atoms with E-state index in [1.807, 2.05) is 52.0 Å². The smallest absolute Gasteiger partial charge is 0.251 e. The lowest BCUT2D eigenvalue weighted by molar-refractivity contribution is 0.0953. The van der Waals surface area contributed by atoms with Crippen LogP contribution in [0.5, 0.6) is 0 Å². The molecule has 6 nitrogen and oxygen atoms in total. The molecule has 1 aromatic carbocycles. The number of thiazole rings is 1. The first-order valence-corrected chi connectivity index (χ1v) is 10.2. The molecule has 0 spiro atoms. The second-order valence-electron chi connectivity index (χ2n) is 6.25. The second kappa shape index (κ2) is 10.7. The van der Waals surface area contributed by atoms with E-state index >= 15 is 0 Å². The van der Waals surface area contributed by atoms with Crippen molar-refractivity contribution in [1.29, 1.82) is 0 Å². The van der Waals surface area contributed by atoms with Crippen LogP contribution in [-0.4, -0.2) is 29.9 Å². The Bertz CT molecular complexity index is 784. The monoisotopic (exact) mass is 387 g/mol. The standard InChI is InChI=1S/C20H29N5OS/c1-5-10-22-19(26)17-9-7-8-16(11-17)12-23-20(21-6-2)24-13-18-14(3)25-15(4)27-18/h7-9,11H,5-6,10,12-13H2,1-4H3,(H,22,26)(H2,21,23,24). The lowest BCUT2D eigenvalue weighted by Crippen LogP contribution is -2.36. The van der Waals surface area contributed by atoms with Crippen LogP contribution in [0, 0.1) is 13.8 Å². The van der Waals surface area contributed by atoms with E-state index in [-0.39, 0.29) is 5.91 Å². The summed E-state index contributed by atoms with van der Waals surface area (Å²) in [5.74, 6) is 0.715. The number of nitrogens with one attached hydrogen (secondary N) is 3. The molecule has 0 saturated carbocycles. The molecule has 27 heavy (non-hydrogen) atoms. The number of aryl methyl sites for hydroxylation is 2. The molecule has 1 amide bonds. The van der Waals surface area contributed by atoms with Crippen molar-refractivity contribution in [2.75, 3.05) is 13.1 Å². The van der Waals surface area contributed by atoms with Crippen molar-refractivity contribution in [3.8, 4) is 0 Å². The van der Waals surface area contributed by atoms with Crippen LogP contribution in [0.25, 0.3) is 0 Å². The summed E-state index contributed by atoms with van der Waals surface area (Å²) >= 11 is 1.70. The zero-order valence-electron chi connectivity index (χ0n) is 16.6. The van der Waals surface area contributed by atoms with Gasteiger partial charge in [-0.3, -0.25) is 4.79 Å². The van der Waals surface area contributed by atoms with E-state index < -0.39 is 0 Å². The number of guanidine groups is 1. The number of amides is 1. The molecule has 2 aromatic rings. The Kier molecular flexibility index (Phi) is 8.26. The fourth-order valence-electron chi connectivity index (χ4n) is 2.57. The number of carbonyl (C=O) groups excluding carboxylic acids is 1. The van der Waals surface area contributed by atoms with Gasteiger partial charge in [0.05, 0.1) is 23.8 Å². The molecule has 1 heterocycles.